The van der Waals surface area contributed by atoms with E-state index < -0.39 is 0 Å². The number of aromatic nitrogens is 2. The van der Waals surface area contributed by atoms with Crippen molar-refractivity contribution in [3.8, 4) is 11.5 Å². The molecule has 2 unspecified atom stereocenters. The molecule has 0 spiro atoms. The van der Waals surface area contributed by atoms with Gasteiger partial charge in [0.1, 0.15) is 0 Å². The van der Waals surface area contributed by atoms with E-state index in [0.717, 1.165) is 11.5 Å². The van der Waals surface area contributed by atoms with Gasteiger partial charge in [-0.1, -0.05) is 19.8 Å². The molecular weight excluding hydrogens is 250 g/mol. The second-order valence-electron chi connectivity index (χ2n) is 5.89. The minimum absolute atomic E-state index is 0.575. The Morgan fingerprint density at radius 1 is 1.30 bits per heavy atom. The van der Waals surface area contributed by atoms with Crippen LogP contribution in [-0.4, -0.2) is 16.2 Å². The summed E-state index contributed by atoms with van der Waals surface area (Å²) in [5.41, 5.74) is 3.41. The van der Waals surface area contributed by atoms with Crippen LogP contribution in [0.5, 0.6) is 0 Å². The summed E-state index contributed by atoms with van der Waals surface area (Å²) in [5, 5.41) is 11.4. The molecule has 2 aromatic rings. The van der Waals surface area contributed by atoms with Crippen molar-refractivity contribution in [1.82, 2.24) is 10.2 Å². The highest BCUT2D eigenvalue weighted by Crippen LogP contribution is 2.29. The smallest absolute Gasteiger partial charge is 0.247 e. The number of anilines is 1. The number of hydrogen-bond acceptors (Lipinski definition) is 4. The van der Waals surface area contributed by atoms with Crippen molar-refractivity contribution in [2.24, 2.45) is 5.92 Å². The second-order valence-corrected chi connectivity index (χ2v) is 5.89. The molecule has 3 rings (SSSR count). The highest BCUT2D eigenvalue weighted by molar-refractivity contribution is 5.62. The van der Waals surface area contributed by atoms with E-state index in [0.29, 0.717) is 11.9 Å². The maximum atomic E-state index is 5.24. The summed E-state index contributed by atoms with van der Waals surface area (Å²) < 4.78 is 5.24. The molecule has 106 valence electrons. The first-order valence-corrected chi connectivity index (χ1v) is 7.36. The molecule has 1 heterocycles. The van der Waals surface area contributed by atoms with Crippen LogP contribution in [0, 0.1) is 12.8 Å². The first-order chi connectivity index (χ1) is 9.72. The molecule has 1 aromatic heterocycles. The Balaban J connectivity index is 1.74. The second kappa shape index (κ2) is 5.65. The lowest BCUT2D eigenvalue weighted by Gasteiger charge is -2.29. The van der Waals surface area contributed by atoms with Crippen molar-refractivity contribution in [2.45, 2.75) is 45.6 Å². The van der Waals surface area contributed by atoms with Gasteiger partial charge in [0.25, 0.3) is 0 Å². The lowest BCUT2D eigenvalue weighted by atomic mass is 9.87. The van der Waals surface area contributed by atoms with Crippen LogP contribution in [-0.2, 0) is 0 Å². The van der Waals surface area contributed by atoms with Gasteiger partial charge in [0, 0.05) is 17.3 Å². The van der Waals surface area contributed by atoms with Crippen LogP contribution in [0.1, 0.15) is 38.2 Å². The monoisotopic (exact) mass is 271 g/mol. The van der Waals surface area contributed by atoms with Gasteiger partial charge in [-0.2, -0.15) is 0 Å². The molecule has 0 aliphatic heterocycles. The average Bonchev–Trinajstić information content (AvgIpc) is 2.95. The molecule has 1 aromatic carbocycles. The Morgan fingerprint density at radius 3 is 2.90 bits per heavy atom. The van der Waals surface area contributed by atoms with E-state index >= 15 is 0 Å². The molecule has 1 aliphatic rings. The molecule has 1 N–H and O–H groups in total. The van der Waals surface area contributed by atoms with Crippen molar-refractivity contribution in [1.29, 1.82) is 0 Å². The molecule has 1 aliphatic carbocycles. The third-order valence-electron chi connectivity index (χ3n) is 4.13. The van der Waals surface area contributed by atoms with Crippen LogP contribution in [0.4, 0.5) is 5.69 Å². The number of rotatable bonds is 3. The largest absolute Gasteiger partial charge is 0.423 e. The topological polar surface area (TPSA) is 51.0 Å². The molecule has 2 atom stereocenters. The van der Waals surface area contributed by atoms with Crippen LogP contribution in [0.3, 0.4) is 0 Å². The van der Waals surface area contributed by atoms with E-state index in [9.17, 15) is 0 Å². The highest BCUT2D eigenvalue weighted by atomic mass is 16.4. The lowest BCUT2D eigenvalue weighted by molar-refractivity contribution is 0.358. The van der Waals surface area contributed by atoms with Crippen LogP contribution < -0.4 is 5.32 Å². The average molecular weight is 271 g/mol. The van der Waals surface area contributed by atoms with E-state index in [-0.39, 0.29) is 0 Å². The van der Waals surface area contributed by atoms with Gasteiger partial charge >= 0.3 is 0 Å². The van der Waals surface area contributed by atoms with E-state index in [1.807, 2.05) is 6.07 Å². The van der Waals surface area contributed by atoms with Gasteiger partial charge in [-0.15, -0.1) is 10.2 Å². The summed E-state index contributed by atoms with van der Waals surface area (Å²) in [6.45, 7) is 4.47. The standard InChI is InChI=1S/C16H21N3O/c1-11-4-3-5-14(8-11)18-15-7-6-13(9-12(15)2)16-19-17-10-20-16/h6-7,9-11,14,18H,3-5,8H2,1-2H3. The van der Waals surface area contributed by atoms with Gasteiger partial charge < -0.3 is 9.73 Å². The van der Waals surface area contributed by atoms with Crippen LogP contribution in [0.2, 0.25) is 0 Å². The number of nitrogens with one attached hydrogen (secondary N) is 1. The maximum Gasteiger partial charge on any atom is 0.247 e. The molecule has 0 radical (unpaired) electrons. The molecule has 20 heavy (non-hydrogen) atoms. The molecule has 0 saturated heterocycles. The van der Waals surface area contributed by atoms with Gasteiger partial charge in [0.05, 0.1) is 0 Å². The zero-order valence-corrected chi connectivity index (χ0v) is 12.1. The van der Waals surface area contributed by atoms with Crippen LogP contribution >= 0.6 is 0 Å². The van der Waals surface area contributed by atoms with E-state index in [1.165, 1.54) is 43.3 Å². The lowest BCUT2D eigenvalue weighted by Crippen LogP contribution is -2.26. The van der Waals surface area contributed by atoms with Crippen LogP contribution in [0.25, 0.3) is 11.5 Å². The predicted octanol–water partition coefficient (Wildman–Crippen LogP) is 4.04. The molecule has 1 fully saturated rings. The first kappa shape index (κ1) is 13.2. The fourth-order valence-corrected chi connectivity index (χ4v) is 3.04. The zero-order valence-electron chi connectivity index (χ0n) is 12.1. The quantitative estimate of drug-likeness (QED) is 0.915. The van der Waals surface area contributed by atoms with E-state index in [1.54, 1.807) is 0 Å². The molecule has 0 amide bonds. The minimum Gasteiger partial charge on any atom is -0.423 e. The van der Waals surface area contributed by atoms with Crippen molar-refractivity contribution in [2.75, 3.05) is 5.32 Å². The molecular formula is C16H21N3O. The summed E-state index contributed by atoms with van der Waals surface area (Å²) in [5.74, 6) is 1.41. The van der Waals surface area contributed by atoms with Gasteiger partial charge in [-0.3, -0.25) is 0 Å². The Bertz CT molecular complexity index is 565. The maximum absolute atomic E-state index is 5.24. The Hall–Kier alpha value is -1.84. The van der Waals surface area contributed by atoms with E-state index in [2.05, 4.69) is 41.5 Å². The zero-order chi connectivity index (χ0) is 13.9. The third kappa shape index (κ3) is 2.84. The Morgan fingerprint density at radius 2 is 2.20 bits per heavy atom. The number of benzene rings is 1. The minimum atomic E-state index is 0.575. The normalized spacial score (nSPS) is 22.7. The highest BCUT2D eigenvalue weighted by Gasteiger charge is 2.19. The van der Waals surface area contributed by atoms with Gasteiger partial charge in [0.15, 0.2) is 0 Å². The summed E-state index contributed by atoms with van der Waals surface area (Å²) in [7, 11) is 0. The number of aryl methyl sites for hydroxylation is 1. The van der Waals surface area contributed by atoms with Crippen molar-refractivity contribution >= 4 is 5.69 Å². The summed E-state index contributed by atoms with van der Waals surface area (Å²) in [4.78, 5) is 0. The summed E-state index contributed by atoms with van der Waals surface area (Å²) in [6.07, 6.45) is 6.60. The summed E-state index contributed by atoms with van der Waals surface area (Å²) >= 11 is 0. The van der Waals surface area contributed by atoms with Crippen molar-refractivity contribution in [3.63, 3.8) is 0 Å². The predicted molar refractivity (Wildman–Crippen MR) is 79.5 cm³/mol. The van der Waals surface area contributed by atoms with Gasteiger partial charge in [-0.05, 0) is 49.4 Å². The summed E-state index contributed by atoms with van der Waals surface area (Å²) in [6, 6.07) is 6.86. The molecule has 0 bridgehead atoms. The number of hydrogen-bond donors (Lipinski definition) is 1. The Kier molecular flexibility index (Phi) is 3.72. The molecule has 4 heteroatoms. The first-order valence-electron chi connectivity index (χ1n) is 7.36. The number of nitrogens with zero attached hydrogens (tertiary/aromatic N) is 2. The molecule has 1 saturated carbocycles. The van der Waals surface area contributed by atoms with Crippen molar-refractivity contribution < 1.29 is 4.42 Å². The fraction of sp³-hybridized carbons (Fsp3) is 0.500. The van der Waals surface area contributed by atoms with Crippen molar-refractivity contribution in [3.05, 3.63) is 30.2 Å². The van der Waals surface area contributed by atoms with Gasteiger partial charge in [0.2, 0.25) is 12.3 Å². The SMILES string of the molecule is Cc1cc(-c2nnco2)ccc1NC1CCCC(C)C1. The molecule has 4 nitrogen and oxygen atoms in total. The van der Waals surface area contributed by atoms with Crippen LogP contribution in [0.15, 0.2) is 29.0 Å². The Labute approximate surface area is 119 Å². The van der Waals surface area contributed by atoms with Gasteiger partial charge in [-0.25, -0.2) is 0 Å². The van der Waals surface area contributed by atoms with E-state index in [4.69, 9.17) is 4.42 Å². The third-order valence-corrected chi connectivity index (χ3v) is 4.13. The fourth-order valence-electron chi connectivity index (χ4n) is 3.04.